The third-order valence-corrected chi connectivity index (χ3v) is 4.71. The summed E-state index contributed by atoms with van der Waals surface area (Å²) in [7, 11) is 0. The number of hydrogen-bond donors (Lipinski definition) is 3. The minimum absolute atomic E-state index is 0.0136. The number of thiazole rings is 1. The van der Waals surface area contributed by atoms with E-state index in [9.17, 15) is 9.90 Å². The van der Waals surface area contributed by atoms with E-state index in [0.717, 1.165) is 35.9 Å². The number of para-hydroxylation sites is 1. The van der Waals surface area contributed by atoms with E-state index in [0.29, 0.717) is 5.13 Å². The highest BCUT2D eigenvalue weighted by atomic mass is 32.1. The highest BCUT2D eigenvalue weighted by Crippen LogP contribution is 2.30. The maximum Gasteiger partial charge on any atom is 0.321 e. The molecule has 1 aromatic carbocycles. The predicted octanol–water partition coefficient (Wildman–Crippen LogP) is 2.72. The number of fused-ring (bicyclic) bond motifs is 1. The van der Waals surface area contributed by atoms with Crippen LogP contribution < -0.4 is 10.6 Å². The SMILES string of the molecule is O=C(Nc1nc2ccccc2s1)NC1(CO)CCCC1. The zero-order valence-electron chi connectivity index (χ0n) is 11.1. The molecule has 0 aliphatic heterocycles. The zero-order chi connectivity index (χ0) is 14.0. The van der Waals surface area contributed by atoms with Crippen LogP contribution in [0.5, 0.6) is 0 Å². The number of carbonyl (C=O) groups is 1. The number of benzene rings is 1. The van der Waals surface area contributed by atoms with Gasteiger partial charge in [-0.1, -0.05) is 36.3 Å². The number of nitrogens with one attached hydrogen (secondary N) is 2. The Morgan fingerprint density at radius 3 is 2.80 bits per heavy atom. The van der Waals surface area contributed by atoms with Gasteiger partial charge < -0.3 is 10.4 Å². The van der Waals surface area contributed by atoms with Gasteiger partial charge in [0.2, 0.25) is 0 Å². The van der Waals surface area contributed by atoms with Gasteiger partial charge in [0.05, 0.1) is 22.4 Å². The van der Waals surface area contributed by atoms with Crippen LogP contribution in [0, 0.1) is 0 Å². The molecule has 1 aromatic heterocycles. The Bertz CT molecular complexity index is 587. The van der Waals surface area contributed by atoms with Crippen LogP contribution in [0.4, 0.5) is 9.93 Å². The van der Waals surface area contributed by atoms with Gasteiger partial charge in [0.1, 0.15) is 0 Å². The first-order valence-electron chi connectivity index (χ1n) is 6.76. The summed E-state index contributed by atoms with van der Waals surface area (Å²) in [5, 5.41) is 15.7. The molecule has 1 fully saturated rings. The summed E-state index contributed by atoms with van der Waals surface area (Å²) in [5.74, 6) is 0. The molecule has 6 heteroatoms. The molecule has 5 nitrogen and oxygen atoms in total. The van der Waals surface area contributed by atoms with E-state index in [-0.39, 0.29) is 12.6 Å². The zero-order valence-corrected chi connectivity index (χ0v) is 11.9. The van der Waals surface area contributed by atoms with Gasteiger partial charge in [-0.15, -0.1) is 0 Å². The van der Waals surface area contributed by atoms with E-state index in [1.807, 2.05) is 24.3 Å². The van der Waals surface area contributed by atoms with Gasteiger partial charge in [0.15, 0.2) is 5.13 Å². The largest absolute Gasteiger partial charge is 0.394 e. The van der Waals surface area contributed by atoms with Gasteiger partial charge in [-0.3, -0.25) is 5.32 Å². The molecule has 0 bridgehead atoms. The molecule has 1 saturated carbocycles. The number of aliphatic hydroxyl groups excluding tert-OH is 1. The van der Waals surface area contributed by atoms with E-state index >= 15 is 0 Å². The van der Waals surface area contributed by atoms with E-state index < -0.39 is 5.54 Å². The first-order chi connectivity index (χ1) is 9.71. The lowest BCUT2D eigenvalue weighted by Crippen LogP contribution is -2.50. The van der Waals surface area contributed by atoms with Crippen molar-refractivity contribution in [3.05, 3.63) is 24.3 Å². The van der Waals surface area contributed by atoms with E-state index in [1.165, 1.54) is 11.3 Å². The van der Waals surface area contributed by atoms with Gasteiger partial charge in [-0.05, 0) is 25.0 Å². The molecule has 0 unspecified atom stereocenters. The second-order valence-electron chi connectivity index (χ2n) is 5.21. The number of urea groups is 1. The Morgan fingerprint density at radius 1 is 1.35 bits per heavy atom. The van der Waals surface area contributed by atoms with Crippen molar-refractivity contribution in [2.24, 2.45) is 0 Å². The molecule has 1 aliphatic rings. The molecule has 20 heavy (non-hydrogen) atoms. The Balaban J connectivity index is 1.69. The molecular weight excluding hydrogens is 274 g/mol. The van der Waals surface area contributed by atoms with Gasteiger partial charge in [-0.25, -0.2) is 9.78 Å². The lowest BCUT2D eigenvalue weighted by Gasteiger charge is -2.27. The van der Waals surface area contributed by atoms with Crippen LogP contribution in [0.15, 0.2) is 24.3 Å². The number of carbonyl (C=O) groups excluding carboxylic acids is 1. The molecule has 1 aliphatic carbocycles. The van der Waals surface area contributed by atoms with Gasteiger partial charge in [-0.2, -0.15) is 0 Å². The normalized spacial score (nSPS) is 17.2. The number of amides is 2. The van der Waals surface area contributed by atoms with Crippen LogP contribution in [0.2, 0.25) is 0 Å². The van der Waals surface area contributed by atoms with Crippen molar-refractivity contribution in [1.29, 1.82) is 0 Å². The summed E-state index contributed by atoms with van der Waals surface area (Å²) >= 11 is 1.44. The fourth-order valence-electron chi connectivity index (χ4n) is 2.67. The Kier molecular flexibility index (Phi) is 3.58. The van der Waals surface area contributed by atoms with Crippen molar-refractivity contribution in [2.45, 2.75) is 31.2 Å². The molecule has 3 rings (SSSR count). The van der Waals surface area contributed by atoms with Crippen LogP contribution in [0.3, 0.4) is 0 Å². The van der Waals surface area contributed by atoms with Gasteiger partial charge in [0, 0.05) is 0 Å². The second-order valence-corrected chi connectivity index (χ2v) is 6.24. The lowest BCUT2D eigenvalue weighted by atomic mass is 9.99. The lowest BCUT2D eigenvalue weighted by molar-refractivity contribution is 0.167. The highest BCUT2D eigenvalue weighted by Gasteiger charge is 2.34. The highest BCUT2D eigenvalue weighted by molar-refractivity contribution is 7.22. The fraction of sp³-hybridized carbons (Fsp3) is 0.429. The van der Waals surface area contributed by atoms with Crippen LogP contribution in [-0.4, -0.2) is 28.3 Å². The number of hydrogen-bond acceptors (Lipinski definition) is 4. The Morgan fingerprint density at radius 2 is 2.10 bits per heavy atom. The molecular formula is C14H17N3O2S. The molecule has 0 spiro atoms. The third kappa shape index (κ3) is 2.62. The van der Waals surface area contributed by atoms with Gasteiger partial charge >= 0.3 is 6.03 Å². The minimum Gasteiger partial charge on any atom is -0.394 e. The monoisotopic (exact) mass is 291 g/mol. The Labute approximate surface area is 121 Å². The van der Waals surface area contributed by atoms with Crippen LogP contribution in [0.1, 0.15) is 25.7 Å². The molecule has 0 atom stereocenters. The topological polar surface area (TPSA) is 74.2 Å². The molecule has 106 valence electrons. The molecule has 0 saturated heterocycles. The summed E-state index contributed by atoms with van der Waals surface area (Å²) in [6, 6.07) is 7.47. The molecule has 2 amide bonds. The van der Waals surface area contributed by atoms with E-state index in [1.54, 1.807) is 0 Å². The molecule has 0 radical (unpaired) electrons. The van der Waals surface area contributed by atoms with Crippen molar-refractivity contribution in [3.63, 3.8) is 0 Å². The van der Waals surface area contributed by atoms with Crippen molar-refractivity contribution in [1.82, 2.24) is 10.3 Å². The first kappa shape index (κ1) is 13.3. The summed E-state index contributed by atoms with van der Waals surface area (Å²) < 4.78 is 1.04. The molecule has 1 heterocycles. The van der Waals surface area contributed by atoms with Crippen molar-refractivity contribution in [3.8, 4) is 0 Å². The van der Waals surface area contributed by atoms with E-state index in [2.05, 4.69) is 15.6 Å². The van der Waals surface area contributed by atoms with Crippen LogP contribution in [0.25, 0.3) is 10.2 Å². The maximum atomic E-state index is 12.0. The fourth-order valence-corrected chi connectivity index (χ4v) is 3.53. The van der Waals surface area contributed by atoms with Crippen molar-refractivity contribution >= 4 is 32.7 Å². The number of nitrogens with zero attached hydrogens (tertiary/aromatic N) is 1. The summed E-state index contributed by atoms with van der Waals surface area (Å²) in [5.41, 5.74) is 0.423. The average molecular weight is 291 g/mol. The number of aliphatic hydroxyl groups is 1. The number of rotatable bonds is 3. The standard InChI is InChI=1S/C14H17N3O2S/c18-9-14(7-3-4-8-14)17-12(19)16-13-15-10-5-1-2-6-11(10)20-13/h1-2,5-6,18H,3-4,7-9H2,(H2,15,16,17,19). The summed E-state index contributed by atoms with van der Waals surface area (Å²) in [6.07, 6.45) is 3.75. The van der Waals surface area contributed by atoms with Crippen LogP contribution in [-0.2, 0) is 0 Å². The Hall–Kier alpha value is -1.66. The average Bonchev–Trinajstić information content (AvgIpc) is 3.05. The quantitative estimate of drug-likeness (QED) is 0.814. The smallest absolute Gasteiger partial charge is 0.321 e. The van der Waals surface area contributed by atoms with Crippen molar-refractivity contribution < 1.29 is 9.90 Å². The summed E-state index contributed by atoms with van der Waals surface area (Å²) in [6.45, 7) is -0.0136. The number of anilines is 1. The number of aromatic nitrogens is 1. The van der Waals surface area contributed by atoms with Crippen LogP contribution >= 0.6 is 11.3 Å². The van der Waals surface area contributed by atoms with Crippen molar-refractivity contribution in [2.75, 3.05) is 11.9 Å². The summed E-state index contributed by atoms with van der Waals surface area (Å²) in [4.78, 5) is 16.4. The third-order valence-electron chi connectivity index (χ3n) is 3.76. The molecule has 3 N–H and O–H groups in total. The van der Waals surface area contributed by atoms with Gasteiger partial charge in [0.25, 0.3) is 0 Å². The second kappa shape index (κ2) is 5.38. The first-order valence-corrected chi connectivity index (χ1v) is 7.58. The predicted molar refractivity (Wildman–Crippen MR) is 80.1 cm³/mol. The molecule has 2 aromatic rings. The maximum absolute atomic E-state index is 12.0. The van der Waals surface area contributed by atoms with E-state index in [4.69, 9.17) is 0 Å². The minimum atomic E-state index is -0.458.